The van der Waals surface area contributed by atoms with Crippen LogP contribution in [-0.2, 0) is 9.59 Å². The lowest BCUT2D eigenvalue weighted by Crippen LogP contribution is -2.51. The first-order chi connectivity index (χ1) is 11.6. The van der Waals surface area contributed by atoms with E-state index in [0.717, 1.165) is 38.5 Å². The van der Waals surface area contributed by atoms with Gasteiger partial charge in [-0.3, -0.25) is 4.79 Å². The van der Waals surface area contributed by atoms with E-state index in [-0.39, 0.29) is 16.7 Å². The molecule has 4 rings (SSSR count). The molecule has 0 bridgehead atoms. The summed E-state index contributed by atoms with van der Waals surface area (Å²) in [5.41, 5.74) is -1.46. The van der Waals surface area contributed by atoms with Crippen molar-refractivity contribution >= 4 is 11.8 Å². The molecule has 4 nitrogen and oxygen atoms in total. The number of Topliss-reactive ketones (excluding diaryl/α,β-unsaturated/α-hetero) is 1. The van der Waals surface area contributed by atoms with Gasteiger partial charge in [-0.15, -0.1) is 0 Å². The lowest BCUT2D eigenvalue weighted by molar-refractivity contribution is -0.159. The van der Waals surface area contributed by atoms with E-state index in [1.807, 2.05) is 0 Å². The highest BCUT2D eigenvalue weighted by Gasteiger charge is 2.65. The first kappa shape index (κ1) is 17.5. The van der Waals surface area contributed by atoms with Gasteiger partial charge in [0, 0.05) is 5.92 Å². The van der Waals surface area contributed by atoms with Crippen molar-refractivity contribution in [1.82, 2.24) is 0 Å². The quantitative estimate of drug-likeness (QED) is 0.798. The molecule has 140 valence electrons. The largest absolute Gasteiger partial charge is 0.479 e. The Labute approximate surface area is 150 Å². The summed E-state index contributed by atoms with van der Waals surface area (Å²) in [5, 5.41) is 20.2. The molecule has 4 fully saturated rings. The lowest BCUT2D eigenvalue weighted by Gasteiger charge is -2.57. The molecular formula is C21H32O4. The predicted molar refractivity (Wildman–Crippen MR) is 93.9 cm³/mol. The third kappa shape index (κ3) is 2.22. The van der Waals surface area contributed by atoms with Crippen LogP contribution in [0.1, 0.15) is 72.1 Å². The van der Waals surface area contributed by atoms with E-state index >= 15 is 0 Å². The number of fused-ring (bicyclic) bond motifs is 5. The number of carboxylic acid groups (broad SMARTS) is 1. The summed E-state index contributed by atoms with van der Waals surface area (Å²) in [6.45, 7) is 6.34. The van der Waals surface area contributed by atoms with Crippen LogP contribution in [-0.4, -0.2) is 27.6 Å². The summed E-state index contributed by atoms with van der Waals surface area (Å²) in [6.07, 6.45) is 7.34. The second-order valence-electron chi connectivity index (χ2n) is 10.2. The fourth-order valence-corrected chi connectivity index (χ4v) is 8.09. The van der Waals surface area contributed by atoms with Gasteiger partial charge in [-0.2, -0.15) is 0 Å². The van der Waals surface area contributed by atoms with Crippen molar-refractivity contribution in [1.29, 1.82) is 0 Å². The highest BCUT2D eigenvalue weighted by molar-refractivity contribution is 5.79. The molecule has 4 aliphatic carbocycles. The van der Waals surface area contributed by atoms with Gasteiger partial charge in [-0.05, 0) is 92.8 Å². The van der Waals surface area contributed by atoms with Crippen LogP contribution in [0, 0.1) is 40.4 Å². The molecule has 0 radical (unpaired) electrons. The van der Waals surface area contributed by atoms with Gasteiger partial charge in [0.25, 0.3) is 0 Å². The van der Waals surface area contributed by atoms with E-state index < -0.39 is 11.6 Å². The Kier molecular flexibility index (Phi) is 3.72. The minimum atomic E-state index is -1.54. The van der Waals surface area contributed by atoms with Crippen LogP contribution in [0.3, 0.4) is 0 Å². The standard InChI is InChI=1S/C21H32O4/c1-12(22)15-6-7-16-14-5-4-13-10-21(25,18(23)24)11-20(13,3)17(14)8-9-19(15,16)2/h13-17,25H,4-11H2,1-3H3,(H,23,24)/t13-,14-,15-,16-,17-,19+,20-,21+/m0/s1. The number of rotatable bonds is 2. The highest BCUT2D eigenvalue weighted by atomic mass is 16.4. The molecule has 25 heavy (non-hydrogen) atoms. The summed E-state index contributed by atoms with van der Waals surface area (Å²) in [5.74, 6) is 1.54. The molecule has 0 amide bonds. The van der Waals surface area contributed by atoms with Crippen LogP contribution >= 0.6 is 0 Å². The Hall–Kier alpha value is -0.900. The number of aliphatic carboxylic acids is 1. The number of carboxylic acids is 1. The SMILES string of the molecule is CC(=O)[C@@H]1CC[C@H]2[C@@H]3CC[C@H]4C[C@](O)(C(=O)O)C[C@]4(C)[C@H]3CC[C@]12C. The predicted octanol–water partition coefficient (Wildman–Crippen LogP) is 3.66. The molecule has 4 saturated carbocycles. The molecule has 0 saturated heterocycles. The molecule has 0 spiro atoms. The molecular weight excluding hydrogens is 316 g/mol. The second kappa shape index (κ2) is 5.31. The number of carbonyl (C=O) groups excluding carboxylic acids is 1. The fourth-order valence-electron chi connectivity index (χ4n) is 8.09. The van der Waals surface area contributed by atoms with E-state index in [9.17, 15) is 19.8 Å². The Bertz CT molecular complexity index is 615. The lowest BCUT2D eigenvalue weighted by atomic mass is 9.47. The molecule has 0 aromatic heterocycles. The summed E-state index contributed by atoms with van der Waals surface area (Å²) in [4.78, 5) is 23.8. The molecule has 0 aromatic carbocycles. The van der Waals surface area contributed by atoms with Gasteiger partial charge in [0.05, 0.1) is 0 Å². The van der Waals surface area contributed by atoms with Crippen molar-refractivity contribution in [2.45, 2.75) is 77.7 Å². The third-order valence-electron chi connectivity index (χ3n) is 9.21. The molecule has 0 heterocycles. The first-order valence-electron chi connectivity index (χ1n) is 10.1. The smallest absolute Gasteiger partial charge is 0.335 e. The van der Waals surface area contributed by atoms with Crippen LogP contribution in [0.2, 0.25) is 0 Å². The van der Waals surface area contributed by atoms with Gasteiger partial charge < -0.3 is 10.2 Å². The Morgan fingerprint density at radius 2 is 1.64 bits per heavy atom. The fraction of sp³-hybridized carbons (Fsp3) is 0.905. The van der Waals surface area contributed by atoms with Gasteiger partial charge in [-0.25, -0.2) is 4.79 Å². The van der Waals surface area contributed by atoms with Crippen LogP contribution in [0.15, 0.2) is 0 Å². The molecule has 0 aromatic rings. The molecule has 0 unspecified atom stereocenters. The van der Waals surface area contributed by atoms with Crippen molar-refractivity contribution in [3.05, 3.63) is 0 Å². The van der Waals surface area contributed by atoms with Crippen molar-refractivity contribution < 1.29 is 19.8 Å². The minimum absolute atomic E-state index is 0.0638. The summed E-state index contributed by atoms with van der Waals surface area (Å²) in [6, 6.07) is 0. The zero-order valence-corrected chi connectivity index (χ0v) is 15.8. The molecule has 4 aliphatic rings. The van der Waals surface area contributed by atoms with E-state index in [1.54, 1.807) is 6.92 Å². The number of hydrogen-bond acceptors (Lipinski definition) is 3. The molecule has 0 aliphatic heterocycles. The Morgan fingerprint density at radius 3 is 2.28 bits per heavy atom. The van der Waals surface area contributed by atoms with Crippen LogP contribution in [0.5, 0.6) is 0 Å². The van der Waals surface area contributed by atoms with Crippen LogP contribution in [0.25, 0.3) is 0 Å². The van der Waals surface area contributed by atoms with Gasteiger partial charge in [0.1, 0.15) is 5.78 Å². The number of ketones is 1. The highest BCUT2D eigenvalue weighted by Crippen LogP contribution is 2.69. The second-order valence-corrected chi connectivity index (χ2v) is 10.2. The van der Waals surface area contributed by atoms with Gasteiger partial charge in [0.15, 0.2) is 5.60 Å². The van der Waals surface area contributed by atoms with Crippen LogP contribution < -0.4 is 0 Å². The maximum atomic E-state index is 12.2. The van der Waals surface area contributed by atoms with Crippen molar-refractivity contribution in [3.8, 4) is 0 Å². The van der Waals surface area contributed by atoms with E-state index in [1.165, 1.54) is 0 Å². The number of hydrogen-bond donors (Lipinski definition) is 2. The maximum Gasteiger partial charge on any atom is 0.335 e. The third-order valence-corrected chi connectivity index (χ3v) is 9.21. The van der Waals surface area contributed by atoms with Crippen molar-refractivity contribution in [2.24, 2.45) is 40.4 Å². The molecule has 2 N–H and O–H groups in total. The summed E-state index contributed by atoms with van der Waals surface area (Å²) in [7, 11) is 0. The van der Waals surface area contributed by atoms with E-state index in [4.69, 9.17) is 0 Å². The number of aliphatic hydroxyl groups is 1. The zero-order chi connectivity index (χ0) is 18.2. The zero-order valence-electron chi connectivity index (χ0n) is 15.8. The first-order valence-corrected chi connectivity index (χ1v) is 10.1. The Balaban J connectivity index is 1.64. The minimum Gasteiger partial charge on any atom is -0.479 e. The van der Waals surface area contributed by atoms with Crippen molar-refractivity contribution in [3.63, 3.8) is 0 Å². The van der Waals surface area contributed by atoms with E-state index in [0.29, 0.717) is 42.3 Å². The molecule has 4 heteroatoms. The van der Waals surface area contributed by atoms with Crippen molar-refractivity contribution in [2.75, 3.05) is 0 Å². The van der Waals surface area contributed by atoms with Gasteiger partial charge in [-0.1, -0.05) is 13.8 Å². The van der Waals surface area contributed by atoms with Gasteiger partial charge in [0.2, 0.25) is 0 Å². The maximum absolute atomic E-state index is 12.2. The average Bonchev–Trinajstić information content (AvgIpc) is 3.01. The Morgan fingerprint density at radius 1 is 0.960 bits per heavy atom. The van der Waals surface area contributed by atoms with Gasteiger partial charge >= 0.3 is 5.97 Å². The average molecular weight is 348 g/mol. The monoisotopic (exact) mass is 348 g/mol. The molecule has 8 atom stereocenters. The topological polar surface area (TPSA) is 74.6 Å². The van der Waals surface area contributed by atoms with E-state index in [2.05, 4.69) is 13.8 Å². The summed E-state index contributed by atoms with van der Waals surface area (Å²) >= 11 is 0. The number of carbonyl (C=O) groups is 2. The summed E-state index contributed by atoms with van der Waals surface area (Å²) < 4.78 is 0. The van der Waals surface area contributed by atoms with Crippen LogP contribution in [0.4, 0.5) is 0 Å². The normalized spacial score (nSPS) is 54.5.